The monoisotopic (exact) mass is 314 g/mol. The Morgan fingerprint density at radius 1 is 1.18 bits per heavy atom. The van der Waals surface area contributed by atoms with E-state index in [-0.39, 0.29) is 13.2 Å². The molecule has 0 bridgehead atoms. The third-order valence-corrected chi connectivity index (χ3v) is 7.96. The van der Waals surface area contributed by atoms with Crippen LogP contribution < -0.4 is 0 Å². The van der Waals surface area contributed by atoms with Gasteiger partial charge in [-0.2, -0.15) is 0 Å². The van der Waals surface area contributed by atoms with Crippen LogP contribution in [0.25, 0.3) is 0 Å². The van der Waals surface area contributed by atoms with Crippen LogP contribution in [0, 0.1) is 0 Å². The fourth-order valence-corrected chi connectivity index (χ4v) is 6.86. The van der Waals surface area contributed by atoms with Gasteiger partial charge in [0.1, 0.15) is 5.90 Å². The molecule has 0 radical (unpaired) electrons. The average molecular weight is 315 g/mol. The molecule has 0 saturated heterocycles. The Bertz CT molecular complexity index is 482. The van der Waals surface area contributed by atoms with E-state index in [4.69, 9.17) is 31.5 Å². The quantitative estimate of drug-likeness (QED) is 0.751. The standard InChI is InChI=1S/C9H10Cl2O4P2/c10-16(11,12)7-17(13)14-5-8-3-1-2-4-9(8)6-15-17/h1-4H,5-7H2. The van der Waals surface area contributed by atoms with E-state index < -0.39 is 19.3 Å². The molecule has 1 aliphatic heterocycles. The molecule has 0 amide bonds. The van der Waals surface area contributed by atoms with E-state index >= 15 is 0 Å². The topological polar surface area (TPSA) is 52.6 Å². The van der Waals surface area contributed by atoms with Gasteiger partial charge in [-0.15, -0.1) is 0 Å². The van der Waals surface area contributed by atoms with Gasteiger partial charge < -0.3 is 9.05 Å². The van der Waals surface area contributed by atoms with Crippen LogP contribution in [0.3, 0.4) is 0 Å². The molecule has 1 aromatic carbocycles. The summed E-state index contributed by atoms with van der Waals surface area (Å²) < 4.78 is 33.8. The lowest BCUT2D eigenvalue weighted by atomic mass is 10.1. The van der Waals surface area contributed by atoms with Crippen LogP contribution in [-0.4, -0.2) is 5.90 Å². The van der Waals surface area contributed by atoms with Gasteiger partial charge >= 0.3 is 7.60 Å². The van der Waals surface area contributed by atoms with E-state index in [9.17, 15) is 9.13 Å². The summed E-state index contributed by atoms with van der Waals surface area (Å²) >= 11 is 10.8. The van der Waals surface area contributed by atoms with Crippen LogP contribution in [-0.2, 0) is 31.4 Å². The van der Waals surface area contributed by atoms with E-state index in [2.05, 4.69) is 0 Å². The normalized spacial score (nSPS) is 19.4. The molecule has 0 N–H and O–H groups in total. The summed E-state index contributed by atoms with van der Waals surface area (Å²) in [7, 11) is -3.49. The molecule has 8 heteroatoms. The van der Waals surface area contributed by atoms with E-state index in [1.807, 2.05) is 24.3 Å². The van der Waals surface area contributed by atoms with Crippen molar-refractivity contribution in [1.29, 1.82) is 0 Å². The lowest BCUT2D eigenvalue weighted by Crippen LogP contribution is -1.94. The highest BCUT2D eigenvalue weighted by Gasteiger charge is 2.35. The minimum atomic E-state index is -3.49. The molecular weight excluding hydrogens is 305 g/mol. The van der Waals surface area contributed by atoms with Gasteiger partial charge in [-0.05, 0) is 33.6 Å². The Kier molecular flexibility index (Phi) is 4.04. The maximum absolute atomic E-state index is 12.2. The first-order chi connectivity index (χ1) is 7.88. The summed E-state index contributed by atoms with van der Waals surface area (Å²) in [5, 5.41) is 0. The first kappa shape index (κ1) is 13.6. The molecule has 1 aliphatic rings. The molecule has 0 saturated carbocycles. The summed E-state index contributed by atoms with van der Waals surface area (Å²) in [6.07, 6.45) is 0. The summed E-state index contributed by atoms with van der Waals surface area (Å²) in [6, 6.07) is 7.42. The molecule has 94 valence electrons. The maximum Gasteiger partial charge on any atom is 0.341 e. The van der Waals surface area contributed by atoms with E-state index in [1.165, 1.54) is 0 Å². The second-order valence-corrected chi connectivity index (χ2v) is 11.4. The molecule has 0 aliphatic carbocycles. The number of halogens is 2. The predicted molar refractivity (Wildman–Crippen MR) is 67.8 cm³/mol. The lowest BCUT2D eigenvalue weighted by Gasteiger charge is -2.15. The molecule has 17 heavy (non-hydrogen) atoms. The van der Waals surface area contributed by atoms with E-state index in [0.717, 1.165) is 11.1 Å². The fourth-order valence-electron chi connectivity index (χ4n) is 1.50. The predicted octanol–water partition coefficient (Wildman–Crippen LogP) is 4.55. The van der Waals surface area contributed by atoms with E-state index in [0.29, 0.717) is 0 Å². The van der Waals surface area contributed by atoms with Crippen LogP contribution in [0.15, 0.2) is 24.3 Å². The van der Waals surface area contributed by atoms with Crippen LogP contribution in [0.2, 0.25) is 0 Å². The van der Waals surface area contributed by atoms with Crippen molar-refractivity contribution in [2.75, 3.05) is 5.90 Å². The molecule has 0 unspecified atom stereocenters. The molecule has 4 nitrogen and oxygen atoms in total. The molecule has 0 spiro atoms. The minimum absolute atomic E-state index is 0.140. The number of benzene rings is 1. The van der Waals surface area contributed by atoms with Gasteiger partial charge in [-0.3, -0.25) is 9.13 Å². The van der Waals surface area contributed by atoms with Crippen LogP contribution in [0.1, 0.15) is 11.1 Å². The first-order valence-corrected chi connectivity index (χ1v) is 10.2. The molecule has 2 rings (SSSR count). The number of fused-ring (bicyclic) bond motifs is 1. The smallest absolute Gasteiger partial charge is 0.303 e. The van der Waals surface area contributed by atoms with Crippen molar-refractivity contribution in [3.63, 3.8) is 0 Å². The number of hydrogen-bond acceptors (Lipinski definition) is 4. The van der Waals surface area contributed by atoms with Gasteiger partial charge in [0.05, 0.1) is 13.2 Å². The van der Waals surface area contributed by atoms with Gasteiger partial charge in [0.2, 0.25) is 0 Å². The van der Waals surface area contributed by atoms with Crippen molar-refractivity contribution in [3.05, 3.63) is 35.4 Å². The molecule has 0 aromatic heterocycles. The lowest BCUT2D eigenvalue weighted by molar-refractivity contribution is 0.210. The van der Waals surface area contributed by atoms with Crippen LogP contribution in [0.5, 0.6) is 0 Å². The zero-order valence-corrected chi connectivity index (χ0v) is 12.0. The highest BCUT2D eigenvalue weighted by molar-refractivity contribution is 8.11. The fraction of sp³-hybridized carbons (Fsp3) is 0.333. The van der Waals surface area contributed by atoms with Gasteiger partial charge in [0.25, 0.3) is 5.85 Å². The van der Waals surface area contributed by atoms with Crippen molar-refractivity contribution < 1.29 is 18.2 Å². The molecule has 0 atom stereocenters. The van der Waals surface area contributed by atoms with E-state index in [1.54, 1.807) is 0 Å². The van der Waals surface area contributed by atoms with Gasteiger partial charge in [0, 0.05) is 0 Å². The second kappa shape index (κ2) is 5.05. The van der Waals surface area contributed by atoms with Crippen molar-refractivity contribution in [2.45, 2.75) is 13.2 Å². The summed E-state index contributed by atoms with van der Waals surface area (Å²) in [6.45, 7) is 0.280. The Morgan fingerprint density at radius 2 is 1.65 bits per heavy atom. The van der Waals surface area contributed by atoms with Crippen molar-refractivity contribution in [3.8, 4) is 0 Å². The Hall–Kier alpha value is 0.180. The number of hydrogen-bond donors (Lipinski definition) is 0. The van der Waals surface area contributed by atoms with Gasteiger partial charge in [-0.25, -0.2) is 0 Å². The average Bonchev–Trinajstić information content (AvgIpc) is 2.37. The highest BCUT2D eigenvalue weighted by atomic mass is 35.9. The van der Waals surface area contributed by atoms with Gasteiger partial charge in [-0.1, -0.05) is 24.3 Å². The largest absolute Gasteiger partial charge is 0.341 e. The molecule has 1 aromatic rings. The van der Waals surface area contributed by atoms with Crippen molar-refractivity contribution in [2.24, 2.45) is 0 Å². The second-order valence-electron chi connectivity index (χ2n) is 3.64. The number of rotatable bonds is 2. The third kappa shape index (κ3) is 3.82. The van der Waals surface area contributed by atoms with Crippen LogP contribution in [0.4, 0.5) is 0 Å². The summed E-state index contributed by atoms with van der Waals surface area (Å²) in [5.74, 6) is -3.94. The zero-order chi connectivity index (χ0) is 12.5. The van der Waals surface area contributed by atoms with Crippen LogP contribution >= 0.6 is 35.9 Å². The first-order valence-electron chi connectivity index (χ1n) is 4.81. The van der Waals surface area contributed by atoms with Crippen molar-refractivity contribution >= 4 is 35.9 Å². The zero-order valence-electron chi connectivity index (χ0n) is 8.71. The summed E-state index contributed by atoms with van der Waals surface area (Å²) in [5.41, 5.74) is 1.79. The maximum atomic E-state index is 12.2. The SMILES string of the molecule is O=P(Cl)(Cl)CP1(=O)OCc2ccccc2CO1. The van der Waals surface area contributed by atoms with Gasteiger partial charge in [0.15, 0.2) is 0 Å². The molecular formula is C9H10Cl2O4P2. The Balaban J connectivity index is 2.19. The Morgan fingerprint density at radius 3 is 2.06 bits per heavy atom. The molecule has 1 heterocycles. The Labute approximate surface area is 109 Å². The van der Waals surface area contributed by atoms with Crippen molar-refractivity contribution in [1.82, 2.24) is 0 Å². The minimum Gasteiger partial charge on any atom is -0.303 e. The third-order valence-electron chi connectivity index (χ3n) is 2.29. The summed E-state index contributed by atoms with van der Waals surface area (Å²) in [4.78, 5) is 0. The highest BCUT2D eigenvalue weighted by Crippen LogP contribution is 2.69. The molecule has 0 fully saturated rings.